The van der Waals surface area contributed by atoms with Gasteiger partial charge in [-0.25, -0.2) is 4.39 Å². The van der Waals surface area contributed by atoms with Crippen LogP contribution < -0.4 is 20.1 Å². The van der Waals surface area contributed by atoms with E-state index in [0.29, 0.717) is 17.2 Å². The summed E-state index contributed by atoms with van der Waals surface area (Å²) in [6.45, 7) is 1.85. The molecule has 0 unspecified atom stereocenters. The molecular formula is C22H27FN2O3. The van der Waals surface area contributed by atoms with E-state index in [1.165, 1.54) is 12.1 Å². The normalized spacial score (nSPS) is 19.9. The van der Waals surface area contributed by atoms with Gasteiger partial charge in [0.05, 0.1) is 25.9 Å². The third-order valence-electron chi connectivity index (χ3n) is 5.34. The summed E-state index contributed by atoms with van der Waals surface area (Å²) in [6, 6.07) is 11.7. The summed E-state index contributed by atoms with van der Waals surface area (Å²) in [5.74, 6) is 1.13. The topological polar surface area (TPSA) is 59.6 Å². The lowest BCUT2D eigenvalue weighted by Crippen LogP contribution is -2.44. The molecule has 150 valence electrons. The van der Waals surface area contributed by atoms with Gasteiger partial charge in [0.2, 0.25) is 5.91 Å². The van der Waals surface area contributed by atoms with Gasteiger partial charge in [-0.05, 0) is 55.5 Å². The van der Waals surface area contributed by atoms with Crippen molar-refractivity contribution < 1.29 is 18.7 Å². The number of carbonyl (C=O) groups excluding carboxylic acids is 1. The summed E-state index contributed by atoms with van der Waals surface area (Å²) in [6.07, 6.45) is 3.10. The fourth-order valence-electron chi connectivity index (χ4n) is 3.82. The number of hydrogen-bond acceptors (Lipinski definition) is 4. The van der Waals surface area contributed by atoms with Crippen LogP contribution in [0.15, 0.2) is 42.5 Å². The molecule has 1 amide bonds. The highest BCUT2D eigenvalue weighted by Crippen LogP contribution is 2.35. The van der Waals surface area contributed by atoms with Crippen LogP contribution in [0, 0.1) is 5.82 Å². The van der Waals surface area contributed by atoms with Gasteiger partial charge in [-0.2, -0.15) is 0 Å². The summed E-state index contributed by atoms with van der Waals surface area (Å²) in [4.78, 5) is 12.7. The molecule has 28 heavy (non-hydrogen) atoms. The van der Waals surface area contributed by atoms with Crippen molar-refractivity contribution in [1.29, 1.82) is 0 Å². The van der Waals surface area contributed by atoms with Crippen molar-refractivity contribution in [1.82, 2.24) is 5.32 Å². The molecule has 0 bridgehead atoms. The lowest BCUT2D eigenvalue weighted by atomic mass is 9.93. The third-order valence-corrected chi connectivity index (χ3v) is 5.34. The van der Waals surface area contributed by atoms with E-state index in [9.17, 15) is 9.18 Å². The molecule has 6 heteroatoms. The van der Waals surface area contributed by atoms with Crippen LogP contribution in [-0.2, 0) is 4.79 Å². The lowest BCUT2D eigenvalue weighted by molar-refractivity contribution is -0.118. The molecule has 0 aliphatic heterocycles. The second-order valence-electron chi connectivity index (χ2n) is 7.14. The molecule has 1 aliphatic rings. The van der Waals surface area contributed by atoms with Crippen LogP contribution in [0.25, 0.3) is 0 Å². The zero-order valence-corrected chi connectivity index (χ0v) is 16.5. The summed E-state index contributed by atoms with van der Waals surface area (Å²) in [5, 5.41) is 6.37. The van der Waals surface area contributed by atoms with Gasteiger partial charge in [-0.3, -0.25) is 4.79 Å². The number of ether oxygens (including phenoxy) is 2. The molecule has 0 spiro atoms. The van der Waals surface area contributed by atoms with Crippen molar-refractivity contribution in [2.24, 2.45) is 0 Å². The summed E-state index contributed by atoms with van der Waals surface area (Å²) >= 11 is 0. The molecule has 1 aliphatic carbocycles. The fourth-order valence-corrected chi connectivity index (χ4v) is 3.82. The second kappa shape index (κ2) is 9.06. The molecule has 3 atom stereocenters. The molecule has 1 fully saturated rings. The van der Waals surface area contributed by atoms with Crippen molar-refractivity contribution in [3.05, 3.63) is 53.8 Å². The Morgan fingerprint density at radius 1 is 1.11 bits per heavy atom. The smallest absolute Gasteiger partial charge is 0.241 e. The van der Waals surface area contributed by atoms with Crippen LogP contribution in [0.3, 0.4) is 0 Å². The number of hydrogen-bond donors (Lipinski definition) is 2. The standard InChI is InChI=1S/C22H27FN2O3/c1-14(22(26)25-20-13-17(27-2)11-12-21(20)28-3)24-19-6-4-5-18(19)15-7-9-16(23)10-8-15/h7-14,18-19,24H,4-6H2,1-3H3,(H,25,26)/t14-,18-,19+/m0/s1. The highest BCUT2D eigenvalue weighted by atomic mass is 19.1. The number of nitrogens with one attached hydrogen (secondary N) is 2. The van der Waals surface area contributed by atoms with Crippen molar-refractivity contribution in [3.8, 4) is 11.5 Å². The van der Waals surface area contributed by atoms with E-state index < -0.39 is 0 Å². The summed E-state index contributed by atoms with van der Waals surface area (Å²) < 4.78 is 23.8. The molecule has 2 aromatic carbocycles. The predicted molar refractivity (Wildman–Crippen MR) is 108 cm³/mol. The van der Waals surface area contributed by atoms with E-state index in [4.69, 9.17) is 9.47 Å². The molecule has 0 aromatic heterocycles. The van der Waals surface area contributed by atoms with Gasteiger partial charge >= 0.3 is 0 Å². The van der Waals surface area contributed by atoms with E-state index in [1.54, 1.807) is 32.4 Å². The van der Waals surface area contributed by atoms with E-state index in [1.807, 2.05) is 19.1 Å². The Hall–Kier alpha value is -2.60. The molecule has 2 aromatic rings. The number of benzene rings is 2. The number of halogens is 1. The van der Waals surface area contributed by atoms with Gasteiger partial charge in [0, 0.05) is 12.1 Å². The van der Waals surface area contributed by atoms with Crippen LogP contribution in [0.4, 0.5) is 10.1 Å². The highest BCUT2D eigenvalue weighted by molar-refractivity contribution is 5.96. The van der Waals surface area contributed by atoms with Crippen LogP contribution in [-0.4, -0.2) is 32.2 Å². The fraction of sp³-hybridized carbons (Fsp3) is 0.409. The van der Waals surface area contributed by atoms with Gasteiger partial charge in [0.1, 0.15) is 17.3 Å². The minimum absolute atomic E-state index is 0.142. The first kappa shape index (κ1) is 20.1. The zero-order chi connectivity index (χ0) is 20.1. The summed E-state index contributed by atoms with van der Waals surface area (Å²) in [5.41, 5.74) is 1.68. The van der Waals surface area contributed by atoms with E-state index in [0.717, 1.165) is 24.8 Å². The Morgan fingerprint density at radius 2 is 1.86 bits per heavy atom. The largest absolute Gasteiger partial charge is 0.497 e. The van der Waals surface area contributed by atoms with Crippen molar-refractivity contribution in [3.63, 3.8) is 0 Å². The molecule has 0 saturated heterocycles. The highest BCUT2D eigenvalue weighted by Gasteiger charge is 2.31. The quantitative estimate of drug-likeness (QED) is 0.752. The number of rotatable bonds is 7. The average molecular weight is 386 g/mol. The van der Waals surface area contributed by atoms with Crippen LogP contribution >= 0.6 is 0 Å². The summed E-state index contributed by atoms with van der Waals surface area (Å²) in [7, 11) is 3.14. The maximum atomic E-state index is 13.2. The SMILES string of the molecule is COc1ccc(OC)c(NC(=O)[C@H](C)N[C@@H]2CCC[C@H]2c2ccc(F)cc2)c1. The molecule has 3 rings (SSSR count). The third kappa shape index (κ3) is 4.62. The zero-order valence-electron chi connectivity index (χ0n) is 16.5. The van der Waals surface area contributed by atoms with E-state index in [2.05, 4.69) is 10.6 Å². The molecule has 0 radical (unpaired) electrons. The molecular weight excluding hydrogens is 359 g/mol. The van der Waals surface area contributed by atoms with Crippen molar-refractivity contribution in [2.75, 3.05) is 19.5 Å². The number of methoxy groups -OCH3 is 2. The second-order valence-corrected chi connectivity index (χ2v) is 7.14. The van der Waals surface area contributed by atoms with Gasteiger partial charge in [0.25, 0.3) is 0 Å². The van der Waals surface area contributed by atoms with E-state index >= 15 is 0 Å². The van der Waals surface area contributed by atoms with Gasteiger partial charge in [0.15, 0.2) is 0 Å². The Bertz CT molecular complexity index is 810. The number of amides is 1. The Labute approximate surface area is 165 Å². The number of anilines is 1. The van der Waals surface area contributed by atoms with Gasteiger partial charge < -0.3 is 20.1 Å². The molecule has 0 heterocycles. The Balaban J connectivity index is 1.66. The first-order valence-electron chi connectivity index (χ1n) is 9.56. The Kier molecular flexibility index (Phi) is 6.52. The maximum Gasteiger partial charge on any atom is 0.241 e. The van der Waals surface area contributed by atoms with Crippen LogP contribution in [0.1, 0.15) is 37.7 Å². The van der Waals surface area contributed by atoms with E-state index in [-0.39, 0.29) is 29.7 Å². The number of carbonyl (C=O) groups is 1. The van der Waals surface area contributed by atoms with Crippen molar-refractivity contribution >= 4 is 11.6 Å². The maximum absolute atomic E-state index is 13.2. The average Bonchev–Trinajstić information content (AvgIpc) is 3.16. The van der Waals surface area contributed by atoms with Crippen molar-refractivity contribution in [2.45, 2.75) is 44.2 Å². The molecule has 2 N–H and O–H groups in total. The minimum Gasteiger partial charge on any atom is -0.497 e. The lowest BCUT2D eigenvalue weighted by Gasteiger charge is -2.25. The first-order valence-corrected chi connectivity index (χ1v) is 9.56. The monoisotopic (exact) mass is 386 g/mol. The van der Waals surface area contributed by atoms with Crippen LogP contribution in [0.5, 0.6) is 11.5 Å². The molecule has 5 nitrogen and oxygen atoms in total. The predicted octanol–water partition coefficient (Wildman–Crippen LogP) is 4.10. The van der Waals surface area contributed by atoms with Crippen LogP contribution in [0.2, 0.25) is 0 Å². The first-order chi connectivity index (χ1) is 13.5. The van der Waals surface area contributed by atoms with Gasteiger partial charge in [-0.15, -0.1) is 0 Å². The van der Waals surface area contributed by atoms with Gasteiger partial charge in [-0.1, -0.05) is 18.6 Å². The minimum atomic E-state index is -0.387. The Morgan fingerprint density at radius 3 is 2.54 bits per heavy atom. The molecule has 1 saturated carbocycles.